The third-order valence-corrected chi connectivity index (χ3v) is 3.65. The van der Waals surface area contributed by atoms with Crippen LogP contribution in [0.25, 0.3) is 11.2 Å². The second-order valence-electron chi connectivity index (χ2n) is 5.01. The summed E-state index contributed by atoms with van der Waals surface area (Å²) in [6.45, 7) is 6.03. The van der Waals surface area contributed by atoms with Crippen LogP contribution in [0.1, 0.15) is 18.1 Å². The summed E-state index contributed by atoms with van der Waals surface area (Å²) in [5.41, 5.74) is 4.14. The number of hydrogen-bond donors (Lipinski definition) is 0. The Morgan fingerprint density at radius 3 is 2.62 bits per heavy atom. The van der Waals surface area contributed by atoms with Crippen LogP contribution in [0.15, 0.2) is 48.8 Å². The van der Waals surface area contributed by atoms with Crippen molar-refractivity contribution in [2.45, 2.75) is 20.4 Å². The first kappa shape index (κ1) is 13.5. The number of nitrogens with zero attached hydrogens (tertiary/aromatic N) is 4. The molecule has 0 aliphatic carbocycles. The van der Waals surface area contributed by atoms with Gasteiger partial charge in [-0.05, 0) is 37.1 Å². The standard InChI is InChI=1S/C17H18N4/c1-3-21(12-14-7-5-4-6-13(14)2)16-9-8-15-17(20-16)19-11-10-18-15/h4-11H,3,12H2,1-2H3. The zero-order chi connectivity index (χ0) is 14.7. The van der Waals surface area contributed by atoms with E-state index in [2.05, 4.69) is 58.0 Å². The average Bonchev–Trinajstić information content (AvgIpc) is 2.54. The average molecular weight is 278 g/mol. The molecule has 0 saturated carbocycles. The van der Waals surface area contributed by atoms with Crippen molar-refractivity contribution in [3.63, 3.8) is 0 Å². The van der Waals surface area contributed by atoms with Crippen molar-refractivity contribution in [2.75, 3.05) is 11.4 Å². The van der Waals surface area contributed by atoms with Crippen LogP contribution < -0.4 is 4.90 Å². The summed E-state index contributed by atoms with van der Waals surface area (Å²) < 4.78 is 0. The van der Waals surface area contributed by atoms with Gasteiger partial charge in [0.1, 0.15) is 11.3 Å². The van der Waals surface area contributed by atoms with Gasteiger partial charge in [0.25, 0.3) is 0 Å². The van der Waals surface area contributed by atoms with Gasteiger partial charge in [0.2, 0.25) is 0 Å². The van der Waals surface area contributed by atoms with Crippen LogP contribution in [0.2, 0.25) is 0 Å². The summed E-state index contributed by atoms with van der Waals surface area (Å²) in [4.78, 5) is 15.4. The predicted octanol–water partition coefficient (Wildman–Crippen LogP) is 3.36. The molecule has 0 aliphatic rings. The van der Waals surface area contributed by atoms with Crippen LogP contribution in [-0.4, -0.2) is 21.5 Å². The Labute approximate surface area is 124 Å². The highest BCUT2D eigenvalue weighted by Gasteiger charge is 2.09. The van der Waals surface area contributed by atoms with Gasteiger partial charge in [-0.25, -0.2) is 9.97 Å². The molecule has 3 aromatic rings. The molecular weight excluding hydrogens is 260 g/mol. The number of rotatable bonds is 4. The highest BCUT2D eigenvalue weighted by Crippen LogP contribution is 2.18. The summed E-state index contributed by atoms with van der Waals surface area (Å²) in [7, 11) is 0. The van der Waals surface area contributed by atoms with Crippen LogP contribution in [0.5, 0.6) is 0 Å². The summed E-state index contributed by atoms with van der Waals surface area (Å²) >= 11 is 0. The van der Waals surface area contributed by atoms with E-state index in [1.54, 1.807) is 12.4 Å². The van der Waals surface area contributed by atoms with Crippen molar-refractivity contribution in [1.29, 1.82) is 0 Å². The van der Waals surface area contributed by atoms with E-state index in [0.717, 1.165) is 24.4 Å². The van der Waals surface area contributed by atoms with E-state index in [0.29, 0.717) is 5.65 Å². The van der Waals surface area contributed by atoms with Gasteiger partial charge in [-0.2, -0.15) is 0 Å². The largest absolute Gasteiger partial charge is 0.352 e. The highest BCUT2D eigenvalue weighted by atomic mass is 15.2. The molecule has 2 aromatic heterocycles. The molecule has 0 N–H and O–H groups in total. The second kappa shape index (κ2) is 5.87. The van der Waals surface area contributed by atoms with E-state index in [9.17, 15) is 0 Å². The lowest BCUT2D eigenvalue weighted by atomic mass is 10.1. The van der Waals surface area contributed by atoms with Crippen LogP contribution in [0.4, 0.5) is 5.82 Å². The molecule has 21 heavy (non-hydrogen) atoms. The van der Waals surface area contributed by atoms with Crippen LogP contribution >= 0.6 is 0 Å². The number of aryl methyl sites for hydroxylation is 1. The van der Waals surface area contributed by atoms with Gasteiger partial charge in [-0.3, -0.25) is 4.98 Å². The minimum absolute atomic E-state index is 0.693. The second-order valence-corrected chi connectivity index (χ2v) is 5.01. The molecule has 0 atom stereocenters. The SMILES string of the molecule is CCN(Cc1ccccc1C)c1ccc2nccnc2n1. The third-order valence-electron chi connectivity index (χ3n) is 3.65. The number of aromatic nitrogens is 3. The molecule has 0 radical (unpaired) electrons. The van der Waals surface area contributed by atoms with E-state index in [4.69, 9.17) is 0 Å². The van der Waals surface area contributed by atoms with Crippen LogP contribution in [0.3, 0.4) is 0 Å². The summed E-state index contributed by atoms with van der Waals surface area (Å²) in [5.74, 6) is 0.939. The molecule has 0 saturated heterocycles. The maximum Gasteiger partial charge on any atom is 0.180 e. The van der Waals surface area contributed by atoms with Gasteiger partial charge in [0, 0.05) is 25.5 Å². The first-order valence-electron chi connectivity index (χ1n) is 7.15. The first-order chi connectivity index (χ1) is 10.3. The third kappa shape index (κ3) is 2.84. The van der Waals surface area contributed by atoms with Gasteiger partial charge in [-0.15, -0.1) is 0 Å². The fraction of sp³-hybridized carbons (Fsp3) is 0.235. The molecule has 3 rings (SSSR count). The van der Waals surface area contributed by atoms with Crippen LogP contribution in [-0.2, 0) is 6.54 Å². The van der Waals surface area contributed by atoms with Crippen molar-refractivity contribution < 1.29 is 0 Å². The van der Waals surface area contributed by atoms with Crippen molar-refractivity contribution >= 4 is 17.0 Å². The van der Waals surface area contributed by atoms with Gasteiger partial charge in [0.05, 0.1) is 0 Å². The fourth-order valence-electron chi connectivity index (χ4n) is 2.37. The lowest BCUT2D eigenvalue weighted by molar-refractivity contribution is 0.811. The molecule has 1 aromatic carbocycles. The Morgan fingerprint density at radius 2 is 1.81 bits per heavy atom. The van der Waals surface area contributed by atoms with E-state index in [-0.39, 0.29) is 0 Å². The minimum Gasteiger partial charge on any atom is -0.352 e. The van der Waals surface area contributed by atoms with Gasteiger partial charge < -0.3 is 4.90 Å². The molecule has 0 unspecified atom stereocenters. The maximum absolute atomic E-state index is 4.62. The lowest BCUT2D eigenvalue weighted by Crippen LogP contribution is -2.23. The van der Waals surface area contributed by atoms with Gasteiger partial charge in [-0.1, -0.05) is 24.3 Å². The maximum atomic E-state index is 4.62. The zero-order valence-corrected chi connectivity index (χ0v) is 12.3. The molecule has 0 bridgehead atoms. The summed E-state index contributed by atoms with van der Waals surface area (Å²) in [6.07, 6.45) is 3.37. The first-order valence-corrected chi connectivity index (χ1v) is 7.15. The summed E-state index contributed by atoms with van der Waals surface area (Å²) in [5, 5.41) is 0. The minimum atomic E-state index is 0.693. The summed E-state index contributed by atoms with van der Waals surface area (Å²) in [6, 6.07) is 12.4. The van der Waals surface area contributed by atoms with E-state index < -0.39 is 0 Å². The fourth-order valence-corrected chi connectivity index (χ4v) is 2.37. The smallest absolute Gasteiger partial charge is 0.180 e. The molecule has 0 amide bonds. The Bertz CT molecular complexity index is 754. The lowest BCUT2D eigenvalue weighted by Gasteiger charge is -2.23. The Kier molecular flexibility index (Phi) is 3.77. The number of anilines is 1. The molecular formula is C17H18N4. The number of hydrogen-bond acceptors (Lipinski definition) is 4. The van der Waals surface area contributed by atoms with Gasteiger partial charge in [0.15, 0.2) is 5.65 Å². The Hall–Kier alpha value is -2.49. The topological polar surface area (TPSA) is 41.9 Å². The predicted molar refractivity (Wildman–Crippen MR) is 85.2 cm³/mol. The van der Waals surface area contributed by atoms with E-state index in [1.807, 2.05) is 12.1 Å². The molecule has 106 valence electrons. The van der Waals surface area contributed by atoms with Crippen molar-refractivity contribution in [3.05, 3.63) is 59.9 Å². The number of fused-ring (bicyclic) bond motifs is 1. The van der Waals surface area contributed by atoms with Crippen molar-refractivity contribution in [3.8, 4) is 0 Å². The molecule has 0 aliphatic heterocycles. The monoisotopic (exact) mass is 278 g/mol. The highest BCUT2D eigenvalue weighted by molar-refractivity contribution is 5.71. The normalized spacial score (nSPS) is 10.8. The van der Waals surface area contributed by atoms with Crippen molar-refractivity contribution in [1.82, 2.24) is 15.0 Å². The van der Waals surface area contributed by atoms with Crippen molar-refractivity contribution in [2.24, 2.45) is 0 Å². The quantitative estimate of drug-likeness (QED) is 0.734. The number of benzene rings is 1. The van der Waals surface area contributed by atoms with Gasteiger partial charge >= 0.3 is 0 Å². The zero-order valence-electron chi connectivity index (χ0n) is 12.3. The molecule has 4 heteroatoms. The van der Waals surface area contributed by atoms with Crippen LogP contribution in [0, 0.1) is 6.92 Å². The molecule has 0 fully saturated rings. The van der Waals surface area contributed by atoms with E-state index in [1.165, 1.54) is 11.1 Å². The Morgan fingerprint density at radius 1 is 1.00 bits per heavy atom. The molecule has 4 nitrogen and oxygen atoms in total. The molecule has 2 heterocycles. The van der Waals surface area contributed by atoms with E-state index >= 15 is 0 Å². The number of pyridine rings is 1. The molecule has 0 spiro atoms. The Balaban J connectivity index is 1.93.